The topological polar surface area (TPSA) is 63.1 Å². The highest BCUT2D eigenvalue weighted by Crippen LogP contribution is 2.17. The summed E-state index contributed by atoms with van der Waals surface area (Å²) in [4.78, 5) is 23.2. The zero-order chi connectivity index (χ0) is 17.1. The number of nitrogens with one attached hydrogen (secondary N) is 1. The van der Waals surface area contributed by atoms with Gasteiger partial charge in [0.05, 0.1) is 11.9 Å². The Morgan fingerprint density at radius 1 is 1.17 bits per heavy atom. The number of hydrogen-bond acceptors (Lipinski definition) is 4. The fraction of sp³-hybridized carbons (Fsp3) is 0.278. The summed E-state index contributed by atoms with van der Waals surface area (Å²) in [5, 5.41) is 2.93. The minimum Gasteiger partial charge on any atom is -0.322 e. The number of hydrogen-bond donors (Lipinski definition) is 1. The van der Waals surface area contributed by atoms with E-state index in [1.807, 2.05) is 31.3 Å². The normalized spacial score (nSPS) is 11.2. The Labute approximate surface area is 141 Å². The van der Waals surface area contributed by atoms with Crippen LogP contribution in [0.25, 0.3) is 11.2 Å². The molecular formula is C18H21N5O. The van der Waals surface area contributed by atoms with Gasteiger partial charge >= 0.3 is 0 Å². The number of anilines is 1. The van der Waals surface area contributed by atoms with Crippen LogP contribution in [-0.2, 0) is 13.5 Å². The van der Waals surface area contributed by atoms with Gasteiger partial charge in [-0.25, -0.2) is 9.97 Å². The van der Waals surface area contributed by atoms with Gasteiger partial charge in [0.2, 0.25) is 0 Å². The molecule has 0 atom stereocenters. The van der Waals surface area contributed by atoms with E-state index in [2.05, 4.69) is 34.3 Å². The fourth-order valence-electron chi connectivity index (χ4n) is 2.52. The summed E-state index contributed by atoms with van der Waals surface area (Å²) in [6, 6.07) is 9.64. The van der Waals surface area contributed by atoms with Gasteiger partial charge in [-0.3, -0.25) is 4.79 Å². The van der Waals surface area contributed by atoms with E-state index in [9.17, 15) is 4.79 Å². The van der Waals surface area contributed by atoms with Crippen LogP contribution in [0.3, 0.4) is 0 Å². The van der Waals surface area contributed by atoms with Gasteiger partial charge in [0, 0.05) is 25.5 Å². The maximum Gasteiger partial charge on any atom is 0.258 e. The van der Waals surface area contributed by atoms with Crippen molar-refractivity contribution >= 4 is 22.8 Å². The molecule has 0 saturated heterocycles. The van der Waals surface area contributed by atoms with Crippen LogP contribution < -0.4 is 5.32 Å². The molecule has 0 fully saturated rings. The number of carbonyl (C=O) groups is 1. The zero-order valence-electron chi connectivity index (χ0n) is 14.2. The average Bonchev–Trinajstić information content (AvgIpc) is 2.95. The Kier molecular flexibility index (Phi) is 4.57. The first kappa shape index (κ1) is 16.1. The summed E-state index contributed by atoms with van der Waals surface area (Å²) in [6.45, 7) is 1.00. The molecule has 0 aliphatic heterocycles. The smallest absolute Gasteiger partial charge is 0.258 e. The summed E-state index contributed by atoms with van der Waals surface area (Å²) >= 11 is 0. The van der Waals surface area contributed by atoms with Crippen molar-refractivity contribution in [2.75, 3.05) is 26.0 Å². The number of amides is 1. The van der Waals surface area contributed by atoms with E-state index in [4.69, 9.17) is 0 Å². The number of aryl methyl sites for hydroxylation is 1. The van der Waals surface area contributed by atoms with Crippen molar-refractivity contribution in [1.29, 1.82) is 0 Å². The van der Waals surface area contributed by atoms with Gasteiger partial charge in [0.15, 0.2) is 5.65 Å². The molecule has 24 heavy (non-hydrogen) atoms. The fourth-order valence-corrected chi connectivity index (χ4v) is 2.52. The van der Waals surface area contributed by atoms with E-state index in [1.165, 1.54) is 5.56 Å². The molecule has 6 heteroatoms. The maximum absolute atomic E-state index is 12.5. The van der Waals surface area contributed by atoms with Crippen LogP contribution >= 0.6 is 0 Å². The molecule has 0 radical (unpaired) electrons. The van der Waals surface area contributed by atoms with Crippen molar-refractivity contribution in [3.8, 4) is 0 Å². The highest BCUT2D eigenvalue weighted by molar-refractivity contribution is 6.10. The Morgan fingerprint density at radius 2 is 1.92 bits per heavy atom. The van der Waals surface area contributed by atoms with E-state index < -0.39 is 0 Å². The highest BCUT2D eigenvalue weighted by Gasteiger charge is 2.14. The highest BCUT2D eigenvalue weighted by atomic mass is 16.1. The van der Waals surface area contributed by atoms with Crippen molar-refractivity contribution in [3.63, 3.8) is 0 Å². The maximum atomic E-state index is 12.5. The van der Waals surface area contributed by atoms with Gasteiger partial charge in [-0.2, -0.15) is 0 Å². The average molecular weight is 323 g/mol. The van der Waals surface area contributed by atoms with Gasteiger partial charge in [0.1, 0.15) is 5.52 Å². The Hall–Kier alpha value is -2.73. The summed E-state index contributed by atoms with van der Waals surface area (Å²) in [7, 11) is 5.97. The van der Waals surface area contributed by atoms with Gasteiger partial charge in [-0.1, -0.05) is 12.1 Å². The molecule has 0 aliphatic carbocycles. The largest absolute Gasteiger partial charge is 0.322 e. The number of carbonyl (C=O) groups excluding carboxylic acids is 1. The zero-order valence-corrected chi connectivity index (χ0v) is 14.2. The lowest BCUT2D eigenvalue weighted by atomic mass is 10.1. The van der Waals surface area contributed by atoms with E-state index in [0.717, 1.165) is 18.7 Å². The third-order valence-electron chi connectivity index (χ3n) is 3.90. The van der Waals surface area contributed by atoms with E-state index in [0.29, 0.717) is 16.7 Å². The lowest BCUT2D eigenvalue weighted by molar-refractivity contribution is 0.102. The second kappa shape index (κ2) is 6.80. The predicted octanol–water partition coefficient (Wildman–Crippen LogP) is 2.32. The Morgan fingerprint density at radius 3 is 2.62 bits per heavy atom. The molecule has 0 saturated carbocycles. The summed E-state index contributed by atoms with van der Waals surface area (Å²) in [5.74, 6) is -0.179. The van der Waals surface area contributed by atoms with Crippen molar-refractivity contribution in [2.24, 2.45) is 7.05 Å². The first-order valence-electron chi connectivity index (χ1n) is 7.85. The van der Waals surface area contributed by atoms with Crippen LogP contribution in [0.5, 0.6) is 0 Å². The minimum absolute atomic E-state index is 0.179. The SMILES string of the molecule is CN(C)CCc1ccc(NC(=O)c2ccnc3c2ncn3C)cc1. The Bertz CT molecular complexity index is 851. The molecule has 0 spiro atoms. The van der Waals surface area contributed by atoms with Crippen molar-refractivity contribution in [2.45, 2.75) is 6.42 Å². The van der Waals surface area contributed by atoms with Crippen LogP contribution in [0.4, 0.5) is 5.69 Å². The van der Waals surface area contributed by atoms with E-state index >= 15 is 0 Å². The molecule has 1 N–H and O–H groups in total. The molecule has 0 unspecified atom stereocenters. The van der Waals surface area contributed by atoms with Crippen molar-refractivity contribution in [1.82, 2.24) is 19.4 Å². The molecule has 6 nitrogen and oxygen atoms in total. The summed E-state index contributed by atoms with van der Waals surface area (Å²) < 4.78 is 1.80. The third-order valence-corrected chi connectivity index (χ3v) is 3.90. The second-order valence-electron chi connectivity index (χ2n) is 6.09. The number of fused-ring (bicyclic) bond motifs is 1. The summed E-state index contributed by atoms with van der Waals surface area (Å²) in [5.41, 5.74) is 3.85. The van der Waals surface area contributed by atoms with Crippen LogP contribution in [0.15, 0.2) is 42.9 Å². The second-order valence-corrected chi connectivity index (χ2v) is 6.09. The van der Waals surface area contributed by atoms with Crippen molar-refractivity contribution in [3.05, 3.63) is 54.0 Å². The van der Waals surface area contributed by atoms with Crippen LogP contribution in [0.1, 0.15) is 15.9 Å². The first-order valence-corrected chi connectivity index (χ1v) is 7.85. The molecule has 1 aromatic carbocycles. The van der Waals surface area contributed by atoms with E-state index in [-0.39, 0.29) is 5.91 Å². The lowest BCUT2D eigenvalue weighted by Crippen LogP contribution is -2.15. The Balaban J connectivity index is 1.74. The standard InChI is InChI=1S/C18H21N5O/c1-22(2)11-9-13-4-6-14(7-5-13)21-18(24)15-8-10-19-17-16(15)20-12-23(17)3/h4-8,10,12H,9,11H2,1-3H3,(H,21,24). The van der Waals surface area contributed by atoms with Gasteiger partial charge < -0.3 is 14.8 Å². The number of pyridine rings is 1. The van der Waals surface area contributed by atoms with Gasteiger partial charge in [-0.15, -0.1) is 0 Å². The summed E-state index contributed by atoms with van der Waals surface area (Å²) in [6.07, 6.45) is 4.28. The number of rotatable bonds is 5. The van der Waals surface area contributed by atoms with Crippen LogP contribution in [0.2, 0.25) is 0 Å². The molecule has 3 aromatic rings. The quantitative estimate of drug-likeness (QED) is 0.783. The number of aromatic nitrogens is 3. The van der Waals surface area contributed by atoms with Gasteiger partial charge in [-0.05, 0) is 44.3 Å². The number of imidazole rings is 1. The lowest BCUT2D eigenvalue weighted by Gasteiger charge is -2.10. The van der Waals surface area contributed by atoms with Crippen LogP contribution in [0, 0.1) is 0 Å². The third kappa shape index (κ3) is 3.44. The van der Waals surface area contributed by atoms with Crippen LogP contribution in [-0.4, -0.2) is 46.0 Å². The number of benzene rings is 1. The monoisotopic (exact) mass is 323 g/mol. The molecule has 2 aromatic heterocycles. The molecular weight excluding hydrogens is 302 g/mol. The number of nitrogens with zero attached hydrogens (tertiary/aromatic N) is 4. The van der Waals surface area contributed by atoms with Gasteiger partial charge in [0.25, 0.3) is 5.91 Å². The molecule has 2 heterocycles. The van der Waals surface area contributed by atoms with Crippen molar-refractivity contribution < 1.29 is 4.79 Å². The molecule has 124 valence electrons. The molecule has 0 bridgehead atoms. The molecule has 1 amide bonds. The predicted molar refractivity (Wildman–Crippen MR) is 95.2 cm³/mol. The molecule has 3 rings (SSSR count). The number of likely N-dealkylation sites (N-methyl/N-ethyl adjacent to an activating group) is 1. The molecule has 0 aliphatic rings. The van der Waals surface area contributed by atoms with E-state index in [1.54, 1.807) is 23.2 Å². The first-order chi connectivity index (χ1) is 11.5. The minimum atomic E-state index is -0.179.